The Labute approximate surface area is 177 Å². The average molecular weight is 405 g/mol. The lowest BCUT2D eigenvalue weighted by molar-refractivity contribution is 0.0789. The summed E-state index contributed by atoms with van der Waals surface area (Å²) in [5, 5.41) is 0.939. The maximum atomic E-state index is 13.4. The van der Waals surface area contributed by atoms with E-state index in [1.54, 1.807) is 14.2 Å². The molecule has 1 aromatic heterocycles. The molecule has 4 rings (SSSR count). The zero-order chi connectivity index (χ0) is 21.3. The molecule has 5 nitrogen and oxygen atoms in total. The van der Waals surface area contributed by atoms with Crippen LogP contribution in [0.15, 0.2) is 42.5 Å². The van der Waals surface area contributed by atoms with Crippen molar-refractivity contribution in [3.05, 3.63) is 64.8 Å². The summed E-state index contributed by atoms with van der Waals surface area (Å²) in [5.41, 5.74) is 4.84. The molecule has 0 bridgehead atoms. The van der Waals surface area contributed by atoms with E-state index in [1.807, 2.05) is 49.1 Å². The number of methoxy groups -OCH3 is 2. The first kappa shape index (κ1) is 20.2. The molecule has 0 radical (unpaired) electrons. The molecule has 1 aliphatic rings. The minimum absolute atomic E-state index is 0.103. The van der Waals surface area contributed by atoms with Crippen LogP contribution in [0.3, 0.4) is 0 Å². The molecule has 3 aromatic rings. The molecule has 5 heteroatoms. The fraction of sp³-hybridized carbons (Fsp3) is 0.360. The molecular weight excluding hydrogens is 376 g/mol. The van der Waals surface area contributed by atoms with Gasteiger partial charge in [0.05, 0.1) is 25.3 Å². The fourth-order valence-corrected chi connectivity index (χ4v) is 4.34. The SMILES string of the molecule is COc1ccc(CC2CCN(C(=O)c3cc(C)nc4ccc(C)cc34)C2)cc1OC. The van der Waals surface area contributed by atoms with Gasteiger partial charge in [-0.25, -0.2) is 0 Å². The minimum atomic E-state index is 0.103. The van der Waals surface area contributed by atoms with Crippen LogP contribution in [0.25, 0.3) is 10.9 Å². The van der Waals surface area contributed by atoms with Gasteiger partial charge in [-0.15, -0.1) is 0 Å². The summed E-state index contributed by atoms with van der Waals surface area (Å²) >= 11 is 0. The maximum absolute atomic E-state index is 13.4. The Kier molecular flexibility index (Phi) is 5.62. The van der Waals surface area contributed by atoms with Gasteiger partial charge in [0.2, 0.25) is 0 Å². The quantitative estimate of drug-likeness (QED) is 0.625. The van der Waals surface area contributed by atoms with Gasteiger partial charge in [0, 0.05) is 24.2 Å². The van der Waals surface area contributed by atoms with Crippen LogP contribution in [0.2, 0.25) is 0 Å². The van der Waals surface area contributed by atoms with Crippen LogP contribution in [-0.4, -0.2) is 43.1 Å². The predicted molar refractivity (Wildman–Crippen MR) is 118 cm³/mol. The molecule has 1 saturated heterocycles. The second-order valence-electron chi connectivity index (χ2n) is 8.13. The molecule has 0 saturated carbocycles. The summed E-state index contributed by atoms with van der Waals surface area (Å²) in [6.45, 7) is 5.54. The number of fused-ring (bicyclic) bond motifs is 1. The Morgan fingerprint density at radius 1 is 1.07 bits per heavy atom. The minimum Gasteiger partial charge on any atom is -0.493 e. The van der Waals surface area contributed by atoms with Crippen LogP contribution in [0.1, 0.15) is 33.6 Å². The van der Waals surface area contributed by atoms with Crippen molar-refractivity contribution >= 4 is 16.8 Å². The molecule has 30 heavy (non-hydrogen) atoms. The highest BCUT2D eigenvalue weighted by Crippen LogP contribution is 2.31. The van der Waals surface area contributed by atoms with Gasteiger partial charge in [0.1, 0.15) is 0 Å². The van der Waals surface area contributed by atoms with Gasteiger partial charge in [-0.1, -0.05) is 17.7 Å². The molecule has 2 heterocycles. The third-order valence-electron chi connectivity index (χ3n) is 5.87. The molecule has 0 aliphatic carbocycles. The lowest BCUT2D eigenvalue weighted by atomic mass is 9.98. The van der Waals surface area contributed by atoms with Gasteiger partial charge < -0.3 is 14.4 Å². The first-order chi connectivity index (χ1) is 14.5. The van der Waals surface area contributed by atoms with Crippen LogP contribution >= 0.6 is 0 Å². The molecule has 1 aliphatic heterocycles. The topological polar surface area (TPSA) is 51.7 Å². The van der Waals surface area contributed by atoms with Crippen LogP contribution in [-0.2, 0) is 6.42 Å². The number of ether oxygens (including phenoxy) is 2. The van der Waals surface area contributed by atoms with E-state index in [1.165, 1.54) is 5.56 Å². The number of benzene rings is 2. The van der Waals surface area contributed by atoms with E-state index in [4.69, 9.17) is 9.47 Å². The second kappa shape index (κ2) is 8.34. The van der Waals surface area contributed by atoms with Gasteiger partial charge in [-0.2, -0.15) is 0 Å². The number of nitrogens with zero attached hydrogens (tertiary/aromatic N) is 2. The number of hydrogen-bond donors (Lipinski definition) is 0. The van der Waals surface area contributed by atoms with Crippen molar-refractivity contribution in [3.63, 3.8) is 0 Å². The number of aromatic nitrogens is 1. The molecule has 1 fully saturated rings. The van der Waals surface area contributed by atoms with E-state index in [2.05, 4.69) is 17.1 Å². The highest BCUT2D eigenvalue weighted by Gasteiger charge is 2.28. The Morgan fingerprint density at radius 2 is 1.87 bits per heavy atom. The number of carbonyl (C=O) groups is 1. The van der Waals surface area contributed by atoms with Crippen molar-refractivity contribution in [2.45, 2.75) is 26.7 Å². The lowest BCUT2D eigenvalue weighted by Crippen LogP contribution is -2.29. The Bertz CT molecular complexity index is 1090. The third kappa shape index (κ3) is 3.97. The standard InChI is InChI=1S/C25H28N2O3/c1-16-5-7-22-20(11-16)21(12-17(2)26-22)25(28)27-10-9-19(15-27)13-18-6-8-23(29-3)24(14-18)30-4/h5-8,11-12,14,19H,9-10,13,15H2,1-4H3. The molecule has 1 atom stereocenters. The molecular formula is C25H28N2O3. The highest BCUT2D eigenvalue weighted by atomic mass is 16.5. The normalized spacial score (nSPS) is 16.1. The fourth-order valence-electron chi connectivity index (χ4n) is 4.34. The average Bonchev–Trinajstić information content (AvgIpc) is 3.21. The van der Waals surface area contributed by atoms with E-state index in [9.17, 15) is 4.79 Å². The number of amides is 1. The number of carbonyl (C=O) groups excluding carboxylic acids is 1. The van der Waals surface area contributed by atoms with Gasteiger partial charge in [-0.3, -0.25) is 9.78 Å². The van der Waals surface area contributed by atoms with E-state index in [-0.39, 0.29) is 5.91 Å². The third-order valence-corrected chi connectivity index (χ3v) is 5.87. The summed E-state index contributed by atoms with van der Waals surface area (Å²) in [7, 11) is 3.30. The number of hydrogen-bond acceptors (Lipinski definition) is 4. The van der Waals surface area contributed by atoms with Crippen molar-refractivity contribution in [1.29, 1.82) is 0 Å². The van der Waals surface area contributed by atoms with Crippen LogP contribution < -0.4 is 9.47 Å². The summed E-state index contributed by atoms with van der Waals surface area (Å²) in [5.74, 6) is 2.02. The zero-order valence-corrected chi connectivity index (χ0v) is 18.1. The number of rotatable bonds is 5. The van der Waals surface area contributed by atoms with E-state index in [0.29, 0.717) is 5.92 Å². The van der Waals surface area contributed by atoms with Crippen molar-refractivity contribution in [3.8, 4) is 11.5 Å². The number of likely N-dealkylation sites (tertiary alicyclic amines) is 1. The van der Waals surface area contributed by atoms with E-state index < -0.39 is 0 Å². The molecule has 0 N–H and O–H groups in total. The molecule has 1 unspecified atom stereocenters. The predicted octanol–water partition coefficient (Wildman–Crippen LogP) is 4.57. The molecule has 0 spiro atoms. The Balaban J connectivity index is 1.52. The lowest BCUT2D eigenvalue weighted by Gasteiger charge is -2.18. The first-order valence-corrected chi connectivity index (χ1v) is 10.4. The van der Waals surface area contributed by atoms with E-state index >= 15 is 0 Å². The maximum Gasteiger partial charge on any atom is 0.254 e. The largest absolute Gasteiger partial charge is 0.493 e. The van der Waals surface area contributed by atoms with Crippen LogP contribution in [0.4, 0.5) is 0 Å². The number of aryl methyl sites for hydroxylation is 2. The van der Waals surface area contributed by atoms with Gasteiger partial charge in [-0.05, 0) is 68.5 Å². The zero-order valence-electron chi connectivity index (χ0n) is 18.1. The highest BCUT2D eigenvalue weighted by molar-refractivity contribution is 6.06. The summed E-state index contributed by atoms with van der Waals surface area (Å²) in [6, 6.07) is 14.1. The van der Waals surface area contributed by atoms with Crippen LogP contribution in [0, 0.1) is 19.8 Å². The summed E-state index contributed by atoms with van der Waals surface area (Å²) in [4.78, 5) is 20.0. The van der Waals surface area contributed by atoms with Crippen molar-refractivity contribution in [1.82, 2.24) is 9.88 Å². The monoisotopic (exact) mass is 404 g/mol. The first-order valence-electron chi connectivity index (χ1n) is 10.4. The van der Waals surface area contributed by atoms with E-state index in [0.717, 1.165) is 65.2 Å². The van der Waals surface area contributed by atoms with Crippen LogP contribution in [0.5, 0.6) is 11.5 Å². The smallest absolute Gasteiger partial charge is 0.254 e. The molecule has 2 aromatic carbocycles. The molecule has 156 valence electrons. The van der Waals surface area contributed by atoms with Gasteiger partial charge in [0.25, 0.3) is 5.91 Å². The summed E-state index contributed by atoms with van der Waals surface area (Å²) in [6.07, 6.45) is 1.92. The summed E-state index contributed by atoms with van der Waals surface area (Å²) < 4.78 is 10.8. The van der Waals surface area contributed by atoms with Crippen molar-refractivity contribution in [2.75, 3.05) is 27.3 Å². The van der Waals surface area contributed by atoms with Gasteiger partial charge in [0.15, 0.2) is 11.5 Å². The molecule has 1 amide bonds. The van der Waals surface area contributed by atoms with Gasteiger partial charge >= 0.3 is 0 Å². The second-order valence-corrected chi connectivity index (χ2v) is 8.13. The Hall–Kier alpha value is -3.08. The Morgan fingerprint density at radius 3 is 2.63 bits per heavy atom. The number of pyridine rings is 1. The van der Waals surface area contributed by atoms with Crippen molar-refractivity contribution < 1.29 is 14.3 Å². The van der Waals surface area contributed by atoms with Crippen molar-refractivity contribution in [2.24, 2.45) is 5.92 Å².